The molecule has 0 amide bonds. The molecule has 3 aromatic rings. The number of carboxylic acids is 1. The molecule has 1 atom stereocenters. The highest BCUT2D eigenvalue weighted by Gasteiger charge is 2.26. The normalized spacial score (nSPS) is 15.6. The maximum atomic E-state index is 15.8. The van der Waals surface area contributed by atoms with Crippen LogP contribution < -0.4 is 14.2 Å². The molecule has 4 rings (SSSR count). The van der Waals surface area contributed by atoms with Crippen LogP contribution in [0.25, 0.3) is 16.1 Å². The van der Waals surface area contributed by atoms with Crippen LogP contribution in [0.15, 0.2) is 40.7 Å². The lowest BCUT2D eigenvalue weighted by Crippen LogP contribution is -2.15. The summed E-state index contributed by atoms with van der Waals surface area (Å²) >= 11 is 0.922. The zero-order chi connectivity index (χ0) is 29.2. The van der Waals surface area contributed by atoms with Crippen molar-refractivity contribution in [2.24, 2.45) is 11.8 Å². The summed E-state index contributed by atoms with van der Waals surface area (Å²) in [4.78, 5) is 15.3. The van der Waals surface area contributed by atoms with Gasteiger partial charge in [-0.25, -0.2) is 18.6 Å². The molecule has 0 saturated carbocycles. The summed E-state index contributed by atoms with van der Waals surface area (Å²) in [5.74, 6) is -2.26. The number of nitrogens with one attached hydrogen (secondary N) is 1. The van der Waals surface area contributed by atoms with Gasteiger partial charge in [-0.15, -0.1) is 11.3 Å². The Morgan fingerprint density at radius 2 is 1.98 bits per heavy atom. The number of carbonyl (C=O) groups is 1. The first-order valence-electron chi connectivity index (χ1n) is 12.7. The topological polar surface area (TPSA) is 115 Å². The number of aromatic nitrogens is 1. The fraction of sp³-hybridized carbons (Fsp3) is 0.357. The number of hydrogen-bond acceptors (Lipinski definition) is 7. The molecule has 0 fully saturated rings. The van der Waals surface area contributed by atoms with Crippen LogP contribution >= 0.6 is 11.3 Å². The third kappa shape index (κ3) is 5.97. The minimum atomic E-state index is -4.36. The molecular weight excluding hydrogens is 562 g/mol. The Bertz CT molecular complexity index is 1570. The van der Waals surface area contributed by atoms with E-state index in [1.54, 1.807) is 19.1 Å². The number of methoxy groups -OCH3 is 1. The third-order valence-electron chi connectivity index (χ3n) is 6.88. The van der Waals surface area contributed by atoms with Gasteiger partial charge in [0.05, 0.1) is 30.5 Å². The minimum absolute atomic E-state index is 0.0875. The Hall–Kier alpha value is -3.51. The fourth-order valence-electron chi connectivity index (χ4n) is 4.63. The smallest absolute Gasteiger partial charge is 0.338 e. The number of hydrogen-bond donors (Lipinski definition) is 2. The van der Waals surface area contributed by atoms with Crippen LogP contribution in [-0.4, -0.2) is 38.2 Å². The van der Waals surface area contributed by atoms with Gasteiger partial charge in [-0.1, -0.05) is 26.0 Å². The Labute approximate surface area is 235 Å². The van der Waals surface area contributed by atoms with Crippen LogP contribution in [0.4, 0.5) is 14.5 Å². The summed E-state index contributed by atoms with van der Waals surface area (Å²) < 4.78 is 69.1. The first kappa shape index (κ1) is 29.5. The van der Waals surface area contributed by atoms with Crippen molar-refractivity contribution in [2.75, 3.05) is 18.4 Å². The van der Waals surface area contributed by atoms with Gasteiger partial charge in [0.1, 0.15) is 16.6 Å². The number of allylic oxidation sites excluding steroid dienone is 2. The van der Waals surface area contributed by atoms with Crippen LogP contribution in [0.3, 0.4) is 0 Å². The van der Waals surface area contributed by atoms with E-state index < -0.39 is 38.2 Å². The monoisotopic (exact) mass is 592 g/mol. The molecule has 214 valence electrons. The molecule has 2 aromatic carbocycles. The molecule has 0 radical (unpaired) electrons. The molecule has 0 spiro atoms. The Morgan fingerprint density at radius 1 is 1.25 bits per heavy atom. The number of rotatable bonds is 10. The highest BCUT2D eigenvalue weighted by Crippen LogP contribution is 2.42. The number of halogens is 2. The minimum Gasteiger partial charge on any atom is -0.495 e. The van der Waals surface area contributed by atoms with Gasteiger partial charge >= 0.3 is 5.97 Å². The Morgan fingerprint density at radius 3 is 2.58 bits per heavy atom. The van der Waals surface area contributed by atoms with Crippen molar-refractivity contribution >= 4 is 38.6 Å². The summed E-state index contributed by atoms with van der Waals surface area (Å²) in [5.41, 5.74) is 0.796. The number of nitrogens with zero attached hydrogens (tertiary/aromatic N) is 1. The molecule has 1 aliphatic rings. The van der Waals surface area contributed by atoms with Gasteiger partial charge in [0.25, 0.3) is 10.0 Å². The molecule has 0 saturated heterocycles. The average Bonchev–Trinajstić information content (AvgIpc) is 3.41. The van der Waals surface area contributed by atoms with Gasteiger partial charge in [0.15, 0.2) is 16.6 Å². The van der Waals surface area contributed by atoms with Crippen molar-refractivity contribution in [1.82, 2.24) is 4.98 Å². The van der Waals surface area contributed by atoms with Gasteiger partial charge in [0, 0.05) is 17.0 Å². The standard InChI is InChI=1S/C28H30F2N2O6S2/c1-5-38-26-18(17-8-6-16(7-9-17)15(2)3)10-11-19(25(26)30)27-31-24(14-39-27)40(35,36)32-22-13-21(29)20(28(33)34)12-23(22)37-4/h8,10-16,32H,5-7,9H2,1-4H3,(H,33,34). The molecule has 0 bridgehead atoms. The summed E-state index contributed by atoms with van der Waals surface area (Å²) in [6.45, 7) is 6.41. The predicted molar refractivity (Wildman–Crippen MR) is 150 cm³/mol. The van der Waals surface area contributed by atoms with Crippen LogP contribution in [0.2, 0.25) is 0 Å². The number of ether oxygens (including phenoxy) is 2. The van der Waals surface area contributed by atoms with Crippen LogP contribution in [0.5, 0.6) is 11.5 Å². The molecule has 1 aliphatic carbocycles. The average molecular weight is 593 g/mol. The van der Waals surface area contributed by atoms with Crippen molar-refractivity contribution < 1.29 is 36.6 Å². The summed E-state index contributed by atoms with van der Waals surface area (Å²) in [6, 6.07) is 4.92. The zero-order valence-corrected chi connectivity index (χ0v) is 24.1. The van der Waals surface area contributed by atoms with E-state index in [-0.39, 0.29) is 34.4 Å². The molecule has 1 heterocycles. The lowest BCUT2D eigenvalue weighted by atomic mass is 9.80. The third-order valence-corrected chi connectivity index (χ3v) is 9.15. The van der Waals surface area contributed by atoms with E-state index in [4.69, 9.17) is 14.6 Å². The number of aromatic carboxylic acids is 1. The number of carboxylic acid groups (broad SMARTS) is 1. The largest absolute Gasteiger partial charge is 0.495 e. The molecule has 0 aliphatic heterocycles. The lowest BCUT2D eigenvalue weighted by Gasteiger charge is -2.26. The maximum absolute atomic E-state index is 15.8. The first-order chi connectivity index (χ1) is 19.0. The van der Waals surface area contributed by atoms with Gasteiger partial charge in [-0.3, -0.25) is 4.72 Å². The zero-order valence-electron chi connectivity index (χ0n) is 22.5. The first-order valence-corrected chi connectivity index (χ1v) is 15.1. The molecule has 12 heteroatoms. The van der Waals surface area contributed by atoms with Crippen molar-refractivity contribution in [3.63, 3.8) is 0 Å². The second-order valence-corrected chi connectivity index (χ2v) is 12.2. The quantitative estimate of drug-likeness (QED) is 0.265. The van der Waals surface area contributed by atoms with E-state index in [1.165, 1.54) is 12.5 Å². The van der Waals surface area contributed by atoms with E-state index in [9.17, 15) is 17.6 Å². The summed E-state index contributed by atoms with van der Waals surface area (Å²) in [7, 11) is -3.17. The van der Waals surface area contributed by atoms with Gasteiger partial charge in [-0.05, 0) is 55.7 Å². The molecule has 8 nitrogen and oxygen atoms in total. The van der Waals surface area contributed by atoms with Gasteiger partial charge < -0.3 is 14.6 Å². The summed E-state index contributed by atoms with van der Waals surface area (Å²) in [6.07, 6.45) is 4.87. The predicted octanol–water partition coefficient (Wildman–Crippen LogP) is 6.83. The van der Waals surface area contributed by atoms with E-state index in [0.29, 0.717) is 23.5 Å². The van der Waals surface area contributed by atoms with E-state index in [2.05, 4.69) is 29.6 Å². The number of benzene rings is 2. The number of thiazole rings is 1. The molecule has 1 aromatic heterocycles. The van der Waals surface area contributed by atoms with E-state index >= 15 is 4.39 Å². The maximum Gasteiger partial charge on any atom is 0.338 e. The summed E-state index contributed by atoms with van der Waals surface area (Å²) in [5, 5.41) is 10.0. The van der Waals surface area contributed by atoms with Crippen LogP contribution in [-0.2, 0) is 10.0 Å². The second kappa shape index (κ2) is 11.9. The van der Waals surface area contributed by atoms with Crippen LogP contribution in [0.1, 0.15) is 56.0 Å². The molecule has 1 unspecified atom stereocenters. The van der Waals surface area contributed by atoms with Crippen molar-refractivity contribution in [2.45, 2.75) is 45.1 Å². The van der Waals surface area contributed by atoms with Gasteiger partial charge in [-0.2, -0.15) is 8.42 Å². The number of sulfonamides is 1. The number of anilines is 1. The van der Waals surface area contributed by atoms with Crippen molar-refractivity contribution in [1.29, 1.82) is 0 Å². The van der Waals surface area contributed by atoms with E-state index in [1.807, 2.05) is 0 Å². The SMILES string of the molecule is CCOc1c(C2=CCC(C(C)C)CC2)ccc(-c2nc(S(=O)(=O)Nc3cc(F)c(C(=O)O)cc3OC)cs2)c1F. The second-order valence-electron chi connectivity index (χ2n) is 9.68. The molecule has 40 heavy (non-hydrogen) atoms. The van der Waals surface area contributed by atoms with Crippen molar-refractivity contribution in [3.8, 4) is 22.1 Å². The van der Waals surface area contributed by atoms with Gasteiger partial charge in [0.2, 0.25) is 0 Å². The molecule has 2 N–H and O–H groups in total. The fourth-order valence-corrected chi connectivity index (χ4v) is 6.81. The molecular formula is C28H30F2N2O6S2. The Kier molecular flexibility index (Phi) is 8.79. The highest BCUT2D eigenvalue weighted by molar-refractivity contribution is 7.92. The van der Waals surface area contributed by atoms with Crippen LogP contribution in [0, 0.1) is 23.5 Å². The van der Waals surface area contributed by atoms with Crippen molar-refractivity contribution in [3.05, 3.63) is 58.5 Å². The highest BCUT2D eigenvalue weighted by atomic mass is 32.2. The Balaban J connectivity index is 1.65. The van der Waals surface area contributed by atoms with E-state index in [0.717, 1.165) is 42.2 Å². The lowest BCUT2D eigenvalue weighted by molar-refractivity contribution is 0.0691.